The third-order valence-electron chi connectivity index (χ3n) is 1.68. The van der Waals surface area contributed by atoms with E-state index in [0.717, 1.165) is 0 Å². The van der Waals surface area contributed by atoms with E-state index < -0.39 is 14.3 Å². The molecule has 15 heavy (non-hydrogen) atoms. The SMILES string of the molecule is C[Si](C)(C)Oc1cc(C(=O)O)ccc1N. The van der Waals surface area contributed by atoms with Crippen molar-refractivity contribution in [2.24, 2.45) is 0 Å². The van der Waals surface area contributed by atoms with Gasteiger partial charge in [-0.1, -0.05) is 0 Å². The Morgan fingerprint density at radius 2 is 2.00 bits per heavy atom. The van der Waals surface area contributed by atoms with E-state index >= 15 is 0 Å². The first-order valence-corrected chi connectivity index (χ1v) is 8.02. The van der Waals surface area contributed by atoms with Gasteiger partial charge in [-0.3, -0.25) is 0 Å². The molecule has 1 aromatic rings. The molecular formula is C10H15NO3Si. The van der Waals surface area contributed by atoms with Gasteiger partial charge in [0.05, 0.1) is 11.3 Å². The number of carboxylic acids is 1. The first-order valence-electron chi connectivity index (χ1n) is 4.61. The number of aromatic carboxylic acids is 1. The van der Waals surface area contributed by atoms with Crippen molar-refractivity contribution < 1.29 is 14.3 Å². The van der Waals surface area contributed by atoms with Gasteiger partial charge in [0, 0.05) is 0 Å². The molecule has 0 heterocycles. The minimum absolute atomic E-state index is 0.192. The van der Waals surface area contributed by atoms with Crippen molar-refractivity contribution in [3.63, 3.8) is 0 Å². The zero-order chi connectivity index (χ0) is 11.6. The summed E-state index contributed by atoms with van der Waals surface area (Å²) in [5.41, 5.74) is 6.37. The molecule has 0 unspecified atom stereocenters. The maximum Gasteiger partial charge on any atom is 0.335 e. The van der Waals surface area contributed by atoms with Crippen molar-refractivity contribution in [1.29, 1.82) is 0 Å². The third kappa shape index (κ3) is 3.28. The number of hydrogen-bond donors (Lipinski definition) is 2. The Morgan fingerprint density at radius 1 is 1.40 bits per heavy atom. The highest BCUT2D eigenvalue weighted by Crippen LogP contribution is 2.25. The second kappa shape index (κ2) is 3.94. The first kappa shape index (κ1) is 11.6. The monoisotopic (exact) mass is 225 g/mol. The summed E-state index contributed by atoms with van der Waals surface area (Å²) in [6.07, 6.45) is 0. The lowest BCUT2D eigenvalue weighted by atomic mass is 10.2. The van der Waals surface area contributed by atoms with Crippen LogP contribution in [0.25, 0.3) is 0 Å². The summed E-state index contributed by atoms with van der Waals surface area (Å²) in [5, 5.41) is 8.81. The zero-order valence-electron chi connectivity index (χ0n) is 9.07. The zero-order valence-corrected chi connectivity index (χ0v) is 10.1. The lowest BCUT2D eigenvalue weighted by Crippen LogP contribution is -2.29. The second-order valence-corrected chi connectivity index (χ2v) is 8.70. The molecule has 0 atom stereocenters. The molecule has 5 heteroatoms. The largest absolute Gasteiger partial charge is 0.543 e. The Bertz CT molecular complexity index is 385. The van der Waals surface area contributed by atoms with Crippen LogP contribution < -0.4 is 10.2 Å². The van der Waals surface area contributed by atoms with Crippen molar-refractivity contribution in [3.8, 4) is 5.75 Å². The summed E-state index contributed by atoms with van der Waals surface area (Å²) < 4.78 is 5.67. The van der Waals surface area contributed by atoms with Gasteiger partial charge >= 0.3 is 5.97 Å². The van der Waals surface area contributed by atoms with Crippen molar-refractivity contribution in [1.82, 2.24) is 0 Å². The number of benzene rings is 1. The van der Waals surface area contributed by atoms with Crippen LogP contribution in [-0.4, -0.2) is 19.4 Å². The van der Waals surface area contributed by atoms with E-state index in [0.29, 0.717) is 11.4 Å². The van der Waals surface area contributed by atoms with Crippen LogP contribution in [0.3, 0.4) is 0 Å². The molecule has 3 N–H and O–H groups in total. The van der Waals surface area contributed by atoms with Gasteiger partial charge in [0.1, 0.15) is 5.75 Å². The van der Waals surface area contributed by atoms with Crippen LogP contribution in [0.1, 0.15) is 10.4 Å². The fourth-order valence-electron chi connectivity index (χ4n) is 1.09. The van der Waals surface area contributed by atoms with Crippen molar-refractivity contribution >= 4 is 20.0 Å². The van der Waals surface area contributed by atoms with E-state index in [1.165, 1.54) is 12.1 Å². The van der Waals surface area contributed by atoms with E-state index in [9.17, 15) is 4.79 Å². The molecule has 0 radical (unpaired) electrons. The summed E-state index contributed by atoms with van der Waals surface area (Å²) >= 11 is 0. The normalized spacial score (nSPS) is 11.1. The number of carbonyl (C=O) groups is 1. The smallest absolute Gasteiger partial charge is 0.335 e. The highest BCUT2D eigenvalue weighted by molar-refractivity contribution is 6.70. The fraction of sp³-hybridized carbons (Fsp3) is 0.300. The average Bonchev–Trinajstić information content (AvgIpc) is 2.06. The summed E-state index contributed by atoms with van der Waals surface area (Å²) in [5.74, 6) is -0.510. The Hall–Kier alpha value is -1.49. The van der Waals surface area contributed by atoms with Gasteiger partial charge in [0.15, 0.2) is 0 Å². The van der Waals surface area contributed by atoms with Gasteiger partial charge in [-0.05, 0) is 37.8 Å². The summed E-state index contributed by atoms with van der Waals surface area (Å²) in [4.78, 5) is 10.7. The quantitative estimate of drug-likeness (QED) is 0.611. The molecule has 0 aliphatic carbocycles. The molecule has 0 bridgehead atoms. The minimum Gasteiger partial charge on any atom is -0.543 e. The maximum atomic E-state index is 10.7. The van der Waals surface area contributed by atoms with Crippen LogP contribution in [0.5, 0.6) is 5.75 Å². The standard InChI is InChI=1S/C10H15NO3Si/c1-15(2,3)14-9-6-7(10(12)13)4-5-8(9)11/h4-6H,11H2,1-3H3,(H,12,13). The van der Waals surface area contributed by atoms with Gasteiger partial charge in [0.2, 0.25) is 8.32 Å². The molecule has 0 aromatic heterocycles. The Labute approximate surface area is 89.8 Å². The summed E-state index contributed by atoms with van der Waals surface area (Å²) in [7, 11) is -1.76. The predicted molar refractivity (Wildman–Crippen MR) is 61.8 cm³/mol. The summed E-state index contributed by atoms with van der Waals surface area (Å²) in [6.45, 7) is 6.04. The highest BCUT2D eigenvalue weighted by atomic mass is 28.4. The number of hydrogen-bond acceptors (Lipinski definition) is 3. The number of rotatable bonds is 3. The Morgan fingerprint density at radius 3 is 2.47 bits per heavy atom. The molecular weight excluding hydrogens is 210 g/mol. The molecule has 0 saturated carbocycles. The maximum absolute atomic E-state index is 10.7. The van der Waals surface area contributed by atoms with Crippen LogP contribution in [-0.2, 0) is 0 Å². The van der Waals surface area contributed by atoms with E-state index in [1.807, 2.05) is 19.6 Å². The number of nitrogen functional groups attached to an aromatic ring is 1. The third-order valence-corrected chi connectivity index (χ3v) is 2.51. The highest BCUT2D eigenvalue weighted by Gasteiger charge is 2.18. The average molecular weight is 225 g/mol. The molecule has 1 rings (SSSR count). The van der Waals surface area contributed by atoms with Crippen molar-refractivity contribution in [2.75, 3.05) is 5.73 Å². The van der Waals surface area contributed by atoms with E-state index in [1.54, 1.807) is 6.07 Å². The summed E-state index contributed by atoms with van der Waals surface area (Å²) in [6, 6.07) is 4.49. The Balaban J connectivity index is 3.06. The second-order valence-electron chi connectivity index (χ2n) is 4.27. The Kier molecular flexibility index (Phi) is 3.04. The van der Waals surface area contributed by atoms with Crippen molar-refractivity contribution in [3.05, 3.63) is 23.8 Å². The predicted octanol–water partition coefficient (Wildman–Crippen LogP) is 2.18. The van der Waals surface area contributed by atoms with Crippen molar-refractivity contribution in [2.45, 2.75) is 19.6 Å². The number of carboxylic acid groups (broad SMARTS) is 1. The van der Waals surface area contributed by atoms with Gasteiger partial charge in [-0.15, -0.1) is 0 Å². The van der Waals surface area contributed by atoms with Crippen LogP contribution in [0.2, 0.25) is 19.6 Å². The lowest BCUT2D eigenvalue weighted by molar-refractivity contribution is 0.0696. The molecule has 0 saturated heterocycles. The van der Waals surface area contributed by atoms with E-state index in [2.05, 4.69) is 0 Å². The van der Waals surface area contributed by atoms with E-state index in [-0.39, 0.29) is 5.56 Å². The molecule has 0 spiro atoms. The minimum atomic E-state index is -1.76. The van der Waals surface area contributed by atoms with Crippen LogP contribution in [0.4, 0.5) is 5.69 Å². The fourth-order valence-corrected chi connectivity index (χ4v) is 1.92. The lowest BCUT2D eigenvalue weighted by Gasteiger charge is -2.20. The van der Waals surface area contributed by atoms with Crippen LogP contribution in [0, 0.1) is 0 Å². The van der Waals surface area contributed by atoms with Gasteiger partial charge < -0.3 is 15.3 Å². The van der Waals surface area contributed by atoms with Crippen LogP contribution >= 0.6 is 0 Å². The molecule has 1 aromatic carbocycles. The molecule has 0 fully saturated rings. The molecule has 82 valence electrons. The number of nitrogens with two attached hydrogens (primary N) is 1. The van der Waals surface area contributed by atoms with Gasteiger partial charge in [-0.25, -0.2) is 4.79 Å². The topological polar surface area (TPSA) is 72.5 Å². The molecule has 0 aliphatic heterocycles. The van der Waals surface area contributed by atoms with Gasteiger partial charge in [0.25, 0.3) is 0 Å². The van der Waals surface area contributed by atoms with E-state index in [4.69, 9.17) is 15.3 Å². The van der Waals surface area contributed by atoms with Gasteiger partial charge in [-0.2, -0.15) is 0 Å². The van der Waals surface area contributed by atoms with Crippen LogP contribution in [0.15, 0.2) is 18.2 Å². The molecule has 4 nitrogen and oxygen atoms in total. The molecule has 0 aliphatic rings. The number of anilines is 1. The first-order chi connectivity index (χ1) is 6.79. The molecule has 0 amide bonds.